The van der Waals surface area contributed by atoms with Gasteiger partial charge < -0.3 is 16.2 Å². The molecule has 1 fully saturated rings. The number of nitrogen functional groups attached to an aromatic ring is 1. The Kier molecular flexibility index (Phi) is 4.07. The van der Waals surface area contributed by atoms with E-state index in [0.29, 0.717) is 17.0 Å². The van der Waals surface area contributed by atoms with E-state index in [-0.39, 0.29) is 6.10 Å². The van der Waals surface area contributed by atoms with Crippen molar-refractivity contribution in [3.8, 4) is 5.75 Å². The summed E-state index contributed by atoms with van der Waals surface area (Å²) in [5.74, 6) is 0.170. The van der Waals surface area contributed by atoms with Crippen LogP contribution >= 0.6 is 0 Å². The molecule has 1 aromatic rings. The van der Waals surface area contributed by atoms with Crippen molar-refractivity contribution < 1.29 is 9.53 Å². The number of rotatable bonds is 3. The predicted octanol–water partition coefficient (Wildman–Crippen LogP) is 2.47. The first-order chi connectivity index (χ1) is 8.66. The van der Waals surface area contributed by atoms with Gasteiger partial charge in [0.1, 0.15) is 5.75 Å². The average Bonchev–Trinajstić information content (AvgIpc) is 2.60. The maximum Gasteiger partial charge on any atom is 0.250 e. The van der Waals surface area contributed by atoms with Crippen molar-refractivity contribution in [3.05, 3.63) is 23.8 Å². The zero-order valence-electron chi connectivity index (χ0n) is 10.5. The molecule has 1 aliphatic rings. The Morgan fingerprint density at radius 3 is 2.44 bits per heavy atom. The molecule has 1 amide bonds. The number of carbonyl (C=O) groups excluding carboxylic acids is 1. The summed E-state index contributed by atoms with van der Waals surface area (Å²) in [4.78, 5) is 11.2. The van der Waals surface area contributed by atoms with Gasteiger partial charge >= 0.3 is 0 Å². The average molecular weight is 248 g/mol. The number of primary amides is 1. The SMILES string of the molecule is NC(=O)c1cc(OC2CCCCCC2)ccc1N. The molecule has 98 valence electrons. The topological polar surface area (TPSA) is 78.3 Å². The highest BCUT2D eigenvalue weighted by atomic mass is 16.5. The van der Waals surface area contributed by atoms with Gasteiger partial charge in [-0.2, -0.15) is 0 Å². The van der Waals surface area contributed by atoms with Gasteiger partial charge in [0, 0.05) is 5.69 Å². The standard InChI is InChI=1S/C14H20N2O2/c15-13-8-7-11(9-12(13)14(16)17)18-10-5-3-1-2-4-6-10/h7-10H,1-6,15H2,(H2,16,17). The largest absolute Gasteiger partial charge is 0.490 e. The van der Waals surface area contributed by atoms with Gasteiger partial charge in [-0.3, -0.25) is 4.79 Å². The molecule has 18 heavy (non-hydrogen) atoms. The molecule has 1 aromatic carbocycles. The Labute approximate surface area is 107 Å². The van der Waals surface area contributed by atoms with E-state index in [1.807, 2.05) is 0 Å². The fourth-order valence-electron chi connectivity index (χ4n) is 2.37. The van der Waals surface area contributed by atoms with E-state index < -0.39 is 5.91 Å². The third-order valence-electron chi connectivity index (χ3n) is 3.40. The van der Waals surface area contributed by atoms with E-state index in [4.69, 9.17) is 16.2 Å². The number of anilines is 1. The minimum absolute atomic E-state index is 0.247. The van der Waals surface area contributed by atoms with Crippen LogP contribution in [0.4, 0.5) is 5.69 Å². The quantitative estimate of drug-likeness (QED) is 0.637. The van der Waals surface area contributed by atoms with Crippen LogP contribution < -0.4 is 16.2 Å². The van der Waals surface area contributed by atoms with Crippen LogP contribution in [-0.2, 0) is 0 Å². The van der Waals surface area contributed by atoms with Crippen LogP contribution in [0, 0.1) is 0 Å². The second-order valence-electron chi connectivity index (χ2n) is 4.84. The monoisotopic (exact) mass is 248 g/mol. The fourth-order valence-corrected chi connectivity index (χ4v) is 2.37. The Balaban J connectivity index is 2.08. The molecule has 0 unspecified atom stereocenters. The first-order valence-electron chi connectivity index (χ1n) is 6.53. The molecule has 0 aromatic heterocycles. The minimum Gasteiger partial charge on any atom is -0.490 e. The van der Waals surface area contributed by atoms with Crippen molar-refractivity contribution in [1.82, 2.24) is 0 Å². The van der Waals surface area contributed by atoms with Crippen LogP contribution in [0.25, 0.3) is 0 Å². The molecule has 4 nitrogen and oxygen atoms in total. The Morgan fingerprint density at radius 2 is 1.83 bits per heavy atom. The third-order valence-corrected chi connectivity index (χ3v) is 3.40. The lowest BCUT2D eigenvalue weighted by molar-refractivity contribution is 0.1000. The predicted molar refractivity (Wildman–Crippen MR) is 71.5 cm³/mol. The first-order valence-corrected chi connectivity index (χ1v) is 6.53. The van der Waals surface area contributed by atoms with Gasteiger partial charge in [0.15, 0.2) is 0 Å². The summed E-state index contributed by atoms with van der Waals surface area (Å²) in [6.45, 7) is 0. The smallest absolute Gasteiger partial charge is 0.250 e. The molecule has 0 bridgehead atoms. The third kappa shape index (κ3) is 3.15. The molecular formula is C14H20N2O2. The summed E-state index contributed by atoms with van der Waals surface area (Å²) in [5, 5.41) is 0. The number of hydrogen-bond donors (Lipinski definition) is 2. The van der Waals surface area contributed by atoms with Gasteiger partial charge in [-0.15, -0.1) is 0 Å². The molecule has 0 saturated heterocycles. The van der Waals surface area contributed by atoms with Gasteiger partial charge in [-0.05, 0) is 43.9 Å². The summed E-state index contributed by atoms with van der Waals surface area (Å²) in [6.07, 6.45) is 7.40. The van der Waals surface area contributed by atoms with E-state index >= 15 is 0 Å². The molecule has 0 atom stereocenters. The van der Waals surface area contributed by atoms with Gasteiger partial charge in [0.25, 0.3) is 5.91 Å². The number of hydrogen-bond acceptors (Lipinski definition) is 3. The van der Waals surface area contributed by atoms with Crippen molar-refractivity contribution in [2.45, 2.75) is 44.6 Å². The summed E-state index contributed by atoms with van der Waals surface area (Å²) < 4.78 is 5.92. The van der Waals surface area contributed by atoms with Crippen molar-refractivity contribution in [3.63, 3.8) is 0 Å². The molecule has 0 spiro atoms. The normalized spacial score (nSPS) is 17.1. The first kappa shape index (κ1) is 12.7. The number of benzene rings is 1. The molecule has 1 aliphatic carbocycles. The maximum absolute atomic E-state index is 11.2. The summed E-state index contributed by atoms with van der Waals surface area (Å²) in [6, 6.07) is 5.11. The molecule has 4 heteroatoms. The van der Waals surface area contributed by atoms with E-state index in [2.05, 4.69) is 0 Å². The molecular weight excluding hydrogens is 228 g/mol. The lowest BCUT2D eigenvalue weighted by Crippen LogP contribution is -2.17. The summed E-state index contributed by atoms with van der Waals surface area (Å²) >= 11 is 0. The van der Waals surface area contributed by atoms with E-state index in [0.717, 1.165) is 12.8 Å². The highest BCUT2D eigenvalue weighted by Crippen LogP contribution is 2.25. The number of nitrogens with two attached hydrogens (primary N) is 2. The van der Waals surface area contributed by atoms with Gasteiger partial charge in [-0.25, -0.2) is 0 Å². The molecule has 0 heterocycles. The minimum atomic E-state index is -0.515. The van der Waals surface area contributed by atoms with Gasteiger partial charge in [0.05, 0.1) is 11.7 Å². The molecule has 2 rings (SSSR count). The maximum atomic E-state index is 11.2. The van der Waals surface area contributed by atoms with Crippen LogP contribution in [0.2, 0.25) is 0 Å². The van der Waals surface area contributed by atoms with Crippen molar-refractivity contribution in [2.24, 2.45) is 5.73 Å². The number of ether oxygens (including phenoxy) is 1. The fraction of sp³-hybridized carbons (Fsp3) is 0.500. The molecule has 1 saturated carbocycles. The van der Waals surface area contributed by atoms with E-state index in [9.17, 15) is 4.79 Å². The van der Waals surface area contributed by atoms with Crippen LogP contribution in [0.15, 0.2) is 18.2 Å². The van der Waals surface area contributed by atoms with E-state index in [1.165, 1.54) is 25.7 Å². The second kappa shape index (κ2) is 5.76. The Bertz CT molecular complexity index is 424. The zero-order chi connectivity index (χ0) is 13.0. The molecule has 0 radical (unpaired) electrons. The van der Waals surface area contributed by atoms with Crippen LogP contribution in [0.1, 0.15) is 48.9 Å². The highest BCUT2D eigenvalue weighted by Gasteiger charge is 2.15. The lowest BCUT2D eigenvalue weighted by Gasteiger charge is -2.17. The van der Waals surface area contributed by atoms with Crippen molar-refractivity contribution >= 4 is 11.6 Å². The van der Waals surface area contributed by atoms with Crippen molar-refractivity contribution in [1.29, 1.82) is 0 Å². The molecule has 0 aliphatic heterocycles. The Morgan fingerprint density at radius 1 is 1.17 bits per heavy atom. The van der Waals surface area contributed by atoms with E-state index in [1.54, 1.807) is 18.2 Å². The van der Waals surface area contributed by atoms with Gasteiger partial charge in [-0.1, -0.05) is 12.8 Å². The summed E-state index contributed by atoms with van der Waals surface area (Å²) in [5.41, 5.74) is 11.7. The van der Waals surface area contributed by atoms with Crippen LogP contribution in [0.5, 0.6) is 5.75 Å². The van der Waals surface area contributed by atoms with Crippen LogP contribution in [-0.4, -0.2) is 12.0 Å². The Hall–Kier alpha value is -1.71. The molecule has 4 N–H and O–H groups in total. The zero-order valence-corrected chi connectivity index (χ0v) is 10.5. The number of carbonyl (C=O) groups is 1. The summed E-state index contributed by atoms with van der Waals surface area (Å²) in [7, 11) is 0. The van der Waals surface area contributed by atoms with Crippen LogP contribution in [0.3, 0.4) is 0 Å². The second-order valence-corrected chi connectivity index (χ2v) is 4.84. The number of amides is 1. The van der Waals surface area contributed by atoms with Crippen molar-refractivity contribution in [2.75, 3.05) is 5.73 Å². The lowest BCUT2D eigenvalue weighted by atomic mass is 10.1. The van der Waals surface area contributed by atoms with Gasteiger partial charge in [0.2, 0.25) is 0 Å². The highest BCUT2D eigenvalue weighted by molar-refractivity contribution is 5.98.